The summed E-state index contributed by atoms with van der Waals surface area (Å²) in [6.45, 7) is 2.08. The molecular formula is C20H15ClF3N3O3. The SMILES string of the molecule is C[C@@H]1[C@@H](N)CN1c1c(F)cc2c(=O)c(C(=O)O)cn(-c3ccc(F)cc3F)c2c1Cl. The van der Waals surface area contributed by atoms with Crippen LogP contribution in [-0.4, -0.2) is 34.3 Å². The van der Waals surface area contributed by atoms with Crippen molar-refractivity contribution in [2.24, 2.45) is 5.73 Å². The van der Waals surface area contributed by atoms with Gasteiger partial charge in [0.25, 0.3) is 0 Å². The van der Waals surface area contributed by atoms with Gasteiger partial charge in [0.05, 0.1) is 27.3 Å². The van der Waals surface area contributed by atoms with E-state index in [1.54, 1.807) is 11.8 Å². The Morgan fingerprint density at radius 3 is 2.50 bits per heavy atom. The van der Waals surface area contributed by atoms with E-state index in [9.17, 15) is 27.9 Å². The monoisotopic (exact) mass is 437 g/mol. The number of halogens is 4. The number of benzene rings is 2. The molecule has 0 unspecified atom stereocenters. The number of rotatable bonds is 3. The summed E-state index contributed by atoms with van der Waals surface area (Å²) in [4.78, 5) is 25.8. The third kappa shape index (κ3) is 2.93. The molecule has 4 rings (SSSR count). The van der Waals surface area contributed by atoms with Gasteiger partial charge in [-0.05, 0) is 25.1 Å². The fraction of sp³-hybridized carbons (Fsp3) is 0.200. The van der Waals surface area contributed by atoms with Crippen LogP contribution in [0, 0.1) is 17.5 Å². The standard InChI is InChI=1S/C20H15ClF3N3O3/c1-8-14(25)7-26(8)18-13(24)5-10-17(16(18)21)27(6-11(19(10)28)20(29)30)15-3-2-9(22)4-12(15)23/h2-6,8,14H,7,25H2,1H3,(H,29,30)/t8-,14+/m1/s1. The number of nitrogens with two attached hydrogens (primary N) is 1. The van der Waals surface area contributed by atoms with Crippen LogP contribution in [-0.2, 0) is 0 Å². The molecule has 0 radical (unpaired) electrons. The van der Waals surface area contributed by atoms with E-state index in [1.807, 2.05) is 0 Å². The Hall–Kier alpha value is -3.04. The Morgan fingerprint density at radius 1 is 1.23 bits per heavy atom. The maximum absolute atomic E-state index is 14.9. The van der Waals surface area contributed by atoms with Crippen molar-refractivity contribution in [1.82, 2.24) is 4.57 Å². The summed E-state index contributed by atoms with van der Waals surface area (Å²) in [5.74, 6) is -4.28. The number of aromatic carboxylic acids is 1. The summed E-state index contributed by atoms with van der Waals surface area (Å²) < 4.78 is 43.9. The molecule has 1 fully saturated rings. The van der Waals surface area contributed by atoms with Gasteiger partial charge < -0.3 is 20.3 Å². The molecule has 0 saturated carbocycles. The average Bonchev–Trinajstić information content (AvgIpc) is 2.68. The van der Waals surface area contributed by atoms with E-state index in [1.165, 1.54) is 0 Å². The number of nitrogens with zero attached hydrogens (tertiary/aromatic N) is 2. The Balaban J connectivity index is 2.12. The van der Waals surface area contributed by atoms with Gasteiger partial charge in [-0.1, -0.05) is 11.6 Å². The number of fused-ring (bicyclic) bond motifs is 1. The Labute approximate surface area is 172 Å². The molecule has 2 atom stereocenters. The summed E-state index contributed by atoms with van der Waals surface area (Å²) in [5.41, 5.74) is 3.81. The predicted molar refractivity (Wildman–Crippen MR) is 106 cm³/mol. The minimum atomic E-state index is -1.58. The number of aromatic nitrogens is 1. The first-order chi connectivity index (χ1) is 14.1. The van der Waals surface area contributed by atoms with Gasteiger partial charge in [-0.15, -0.1) is 0 Å². The maximum atomic E-state index is 14.9. The lowest BCUT2D eigenvalue weighted by Crippen LogP contribution is -2.63. The molecule has 1 aliphatic rings. The highest BCUT2D eigenvalue weighted by Gasteiger charge is 2.36. The van der Waals surface area contributed by atoms with Gasteiger partial charge in [-0.2, -0.15) is 0 Å². The molecule has 156 valence electrons. The van der Waals surface area contributed by atoms with Crippen LogP contribution in [0.5, 0.6) is 0 Å². The predicted octanol–water partition coefficient (Wildman–Crippen LogP) is 3.30. The van der Waals surface area contributed by atoms with Crippen LogP contribution in [0.3, 0.4) is 0 Å². The molecule has 0 aliphatic carbocycles. The Morgan fingerprint density at radius 2 is 1.93 bits per heavy atom. The van der Waals surface area contributed by atoms with E-state index in [-0.39, 0.29) is 39.4 Å². The molecule has 0 bridgehead atoms. The molecule has 2 aromatic carbocycles. The number of carboxylic acid groups (broad SMARTS) is 1. The minimum Gasteiger partial charge on any atom is -0.477 e. The summed E-state index contributed by atoms with van der Waals surface area (Å²) >= 11 is 6.48. The normalized spacial score (nSPS) is 18.5. The van der Waals surface area contributed by atoms with Crippen molar-refractivity contribution < 1.29 is 23.1 Å². The quantitative estimate of drug-likeness (QED) is 0.656. The van der Waals surface area contributed by atoms with Gasteiger partial charge in [-0.3, -0.25) is 4.79 Å². The fourth-order valence-corrected chi connectivity index (χ4v) is 4.01. The third-order valence-electron chi connectivity index (χ3n) is 5.36. The molecule has 0 amide bonds. The van der Waals surface area contributed by atoms with Crippen molar-refractivity contribution in [3.8, 4) is 5.69 Å². The molecule has 30 heavy (non-hydrogen) atoms. The molecule has 6 nitrogen and oxygen atoms in total. The lowest BCUT2D eigenvalue weighted by atomic mass is 9.97. The summed E-state index contributed by atoms with van der Waals surface area (Å²) in [7, 11) is 0. The highest BCUT2D eigenvalue weighted by Crippen LogP contribution is 2.40. The van der Waals surface area contributed by atoms with Crippen LogP contribution in [0.4, 0.5) is 18.9 Å². The first-order valence-electron chi connectivity index (χ1n) is 8.90. The first-order valence-corrected chi connectivity index (χ1v) is 9.28. The van der Waals surface area contributed by atoms with Crippen molar-refractivity contribution in [2.75, 3.05) is 11.4 Å². The molecule has 1 aliphatic heterocycles. The molecular weight excluding hydrogens is 423 g/mol. The Bertz CT molecular complexity index is 1280. The second kappa shape index (κ2) is 7.03. The van der Waals surface area contributed by atoms with Gasteiger partial charge in [0.1, 0.15) is 23.0 Å². The van der Waals surface area contributed by atoms with Crippen LogP contribution in [0.2, 0.25) is 5.02 Å². The van der Waals surface area contributed by atoms with E-state index >= 15 is 0 Å². The van der Waals surface area contributed by atoms with Crippen molar-refractivity contribution in [3.05, 3.63) is 68.7 Å². The second-order valence-corrected chi connectivity index (χ2v) is 7.49. The summed E-state index contributed by atoms with van der Waals surface area (Å²) in [6, 6.07) is 3.08. The number of anilines is 1. The highest BCUT2D eigenvalue weighted by atomic mass is 35.5. The highest BCUT2D eigenvalue weighted by molar-refractivity contribution is 6.38. The fourth-order valence-electron chi connectivity index (χ4n) is 3.62. The lowest BCUT2D eigenvalue weighted by molar-refractivity contribution is 0.0695. The van der Waals surface area contributed by atoms with E-state index in [0.717, 1.165) is 29.0 Å². The zero-order valence-corrected chi connectivity index (χ0v) is 16.3. The van der Waals surface area contributed by atoms with E-state index < -0.39 is 34.4 Å². The molecule has 2 heterocycles. The van der Waals surface area contributed by atoms with Gasteiger partial charge in [0, 0.05) is 30.9 Å². The average molecular weight is 438 g/mol. The number of carbonyl (C=O) groups is 1. The van der Waals surface area contributed by atoms with Crippen LogP contribution in [0.25, 0.3) is 16.6 Å². The second-order valence-electron chi connectivity index (χ2n) is 7.12. The number of hydrogen-bond donors (Lipinski definition) is 2. The Kier molecular flexibility index (Phi) is 4.74. The summed E-state index contributed by atoms with van der Waals surface area (Å²) in [5, 5.41) is 8.83. The lowest BCUT2D eigenvalue weighted by Gasteiger charge is -2.46. The van der Waals surface area contributed by atoms with Crippen molar-refractivity contribution >= 4 is 34.2 Å². The smallest absolute Gasteiger partial charge is 0.341 e. The van der Waals surface area contributed by atoms with Crippen LogP contribution in [0.15, 0.2) is 35.3 Å². The van der Waals surface area contributed by atoms with Crippen LogP contribution < -0.4 is 16.1 Å². The maximum Gasteiger partial charge on any atom is 0.341 e. The van der Waals surface area contributed by atoms with Gasteiger partial charge in [-0.25, -0.2) is 18.0 Å². The van der Waals surface area contributed by atoms with Crippen molar-refractivity contribution in [1.29, 1.82) is 0 Å². The van der Waals surface area contributed by atoms with Gasteiger partial charge in [0.15, 0.2) is 0 Å². The number of pyridine rings is 1. The molecule has 10 heteroatoms. The largest absolute Gasteiger partial charge is 0.477 e. The molecule has 3 aromatic rings. The van der Waals surface area contributed by atoms with Gasteiger partial charge >= 0.3 is 5.97 Å². The zero-order chi connectivity index (χ0) is 21.9. The summed E-state index contributed by atoms with van der Waals surface area (Å²) in [6.07, 6.45) is 0.891. The van der Waals surface area contributed by atoms with Gasteiger partial charge in [0.2, 0.25) is 5.43 Å². The number of hydrogen-bond acceptors (Lipinski definition) is 4. The first kappa shape index (κ1) is 20.2. The van der Waals surface area contributed by atoms with E-state index in [2.05, 4.69) is 0 Å². The van der Waals surface area contributed by atoms with Crippen molar-refractivity contribution in [3.63, 3.8) is 0 Å². The van der Waals surface area contributed by atoms with Crippen LogP contribution in [0.1, 0.15) is 17.3 Å². The van der Waals surface area contributed by atoms with Crippen LogP contribution >= 0.6 is 11.6 Å². The number of carboxylic acids is 1. The minimum absolute atomic E-state index is 0.0305. The third-order valence-corrected chi connectivity index (χ3v) is 5.72. The molecule has 1 saturated heterocycles. The van der Waals surface area contributed by atoms with E-state index in [4.69, 9.17) is 17.3 Å². The topological polar surface area (TPSA) is 88.6 Å². The molecule has 3 N–H and O–H groups in total. The van der Waals surface area contributed by atoms with Crippen molar-refractivity contribution in [2.45, 2.75) is 19.0 Å². The molecule has 0 spiro atoms. The van der Waals surface area contributed by atoms with E-state index in [0.29, 0.717) is 12.6 Å². The zero-order valence-electron chi connectivity index (χ0n) is 15.5. The molecule has 1 aromatic heterocycles.